The Kier molecular flexibility index (Phi) is 3.68. The lowest BCUT2D eigenvalue weighted by Crippen LogP contribution is -2.17. The molecule has 2 aromatic rings. The molecule has 2 rings (SSSR count). The SMILES string of the molecule is Cc1nc(Cc2ccc(Cl)c(Cl)c2)[nH]c(=O)c1F. The van der Waals surface area contributed by atoms with Crippen molar-refractivity contribution >= 4 is 23.2 Å². The van der Waals surface area contributed by atoms with Crippen molar-refractivity contribution in [1.82, 2.24) is 9.97 Å². The van der Waals surface area contributed by atoms with Crippen molar-refractivity contribution in [2.24, 2.45) is 0 Å². The summed E-state index contributed by atoms with van der Waals surface area (Å²) in [5.74, 6) is -0.467. The van der Waals surface area contributed by atoms with Crippen molar-refractivity contribution in [2.75, 3.05) is 0 Å². The summed E-state index contributed by atoms with van der Waals surface area (Å²) in [5, 5.41) is 0.882. The van der Waals surface area contributed by atoms with Crippen LogP contribution in [-0.4, -0.2) is 9.97 Å². The maximum Gasteiger partial charge on any atom is 0.287 e. The highest BCUT2D eigenvalue weighted by Crippen LogP contribution is 2.23. The zero-order valence-corrected chi connectivity index (χ0v) is 10.9. The van der Waals surface area contributed by atoms with Gasteiger partial charge in [-0.2, -0.15) is 4.39 Å². The third kappa shape index (κ3) is 2.71. The molecule has 0 fully saturated rings. The van der Waals surface area contributed by atoms with Crippen molar-refractivity contribution in [1.29, 1.82) is 0 Å². The fourth-order valence-corrected chi connectivity index (χ4v) is 1.88. The molecule has 0 saturated heterocycles. The van der Waals surface area contributed by atoms with Gasteiger partial charge in [-0.1, -0.05) is 29.3 Å². The molecule has 3 nitrogen and oxygen atoms in total. The van der Waals surface area contributed by atoms with Gasteiger partial charge in [0.2, 0.25) is 5.82 Å². The standard InChI is InChI=1S/C12H9Cl2FN2O/c1-6-11(15)12(18)17-10(16-6)5-7-2-3-8(13)9(14)4-7/h2-4H,5H2,1H3,(H,16,17,18). The fraction of sp³-hybridized carbons (Fsp3) is 0.167. The largest absolute Gasteiger partial charge is 0.308 e. The number of hydrogen-bond acceptors (Lipinski definition) is 2. The summed E-state index contributed by atoms with van der Waals surface area (Å²) in [4.78, 5) is 17.6. The number of nitrogens with zero attached hydrogens (tertiary/aromatic N) is 1. The first kappa shape index (κ1) is 13.1. The van der Waals surface area contributed by atoms with Crippen LogP contribution < -0.4 is 5.56 Å². The van der Waals surface area contributed by atoms with E-state index >= 15 is 0 Å². The predicted octanol–water partition coefficient (Wildman–Crippen LogP) is 3.12. The molecule has 0 saturated carbocycles. The molecule has 0 unspecified atom stereocenters. The molecule has 0 spiro atoms. The Morgan fingerprint density at radius 2 is 2.06 bits per heavy atom. The molecule has 6 heteroatoms. The van der Waals surface area contributed by atoms with Crippen molar-refractivity contribution in [3.8, 4) is 0 Å². The van der Waals surface area contributed by atoms with E-state index in [0.29, 0.717) is 22.3 Å². The normalized spacial score (nSPS) is 10.7. The summed E-state index contributed by atoms with van der Waals surface area (Å²) in [6, 6.07) is 5.11. The molecule has 0 aliphatic carbocycles. The van der Waals surface area contributed by atoms with Gasteiger partial charge in [0.05, 0.1) is 15.7 Å². The topological polar surface area (TPSA) is 45.8 Å². The van der Waals surface area contributed by atoms with E-state index in [9.17, 15) is 9.18 Å². The van der Waals surface area contributed by atoms with E-state index in [-0.39, 0.29) is 5.69 Å². The Morgan fingerprint density at radius 1 is 1.33 bits per heavy atom. The smallest absolute Gasteiger partial charge is 0.287 e. The summed E-state index contributed by atoms with van der Waals surface area (Å²) < 4.78 is 13.1. The minimum Gasteiger partial charge on any atom is -0.308 e. The van der Waals surface area contributed by atoms with E-state index in [0.717, 1.165) is 5.56 Å². The van der Waals surface area contributed by atoms with Gasteiger partial charge in [0.15, 0.2) is 0 Å². The highest BCUT2D eigenvalue weighted by atomic mass is 35.5. The summed E-state index contributed by atoms with van der Waals surface area (Å²) >= 11 is 11.7. The number of aryl methyl sites for hydroxylation is 1. The second kappa shape index (κ2) is 5.08. The second-order valence-electron chi connectivity index (χ2n) is 3.84. The number of rotatable bonds is 2. The first-order valence-electron chi connectivity index (χ1n) is 5.16. The first-order chi connectivity index (χ1) is 8.47. The van der Waals surface area contributed by atoms with E-state index in [1.54, 1.807) is 18.2 Å². The average molecular weight is 287 g/mol. The number of H-pyrrole nitrogens is 1. The number of benzene rings is 1. The first-order valence-corrected chi connectivity index (χ1v) is 5.92. The van der Waals surface area contributed by atoms with Gasteiger partial charge >= 0.3 is 0 Å². The van der Waals surface area contributed by atoms with Gasteiger partial charge in [-0.25, -0.2) is 4.98 Å². The van der Waals surface area contributed by atoms with Crippen LogP contribution in [0.1, 0.15) is 17.1 Å². The molecule has 0 aliphatic rings. The molecule has 1 aromatic carbocycles. The molecule has 94 valence electrons. The van der Waals surface area contributed by atoms with Crippen LogP contribution in [0.5, 0.6) is 0 Å². The van der Waals surface area contributed by atoms with E-state index < -0.39 is 11.4 Å². The van der Waals surface area contributed by atoms with Crippen LogP contribution in [0.25, 0.3) is 0 Å². The number of hydrogen-bond donors (Lipinski definition) is 1. The van der Waals surface area contributed by atoms with E-state index in [1.807, 2.05) is 0 Å². The Morgan fingerprint density at radius 3 is 2.67 bits per heavy atom. The number of aromatic amines is 1. The van der Waals surface area contributed by atoms with E-state index in [2.05, 4.69) is 9.97 Å². The van der Waals surface area contributed by atoms with Crippen LogP contribution in [0.2, 0.25) is 10.0 Å². The van der Waals surface area contributed by atoms with E-state index in [4.69, 9.17) is 23.2 Å². The molecule has 0 atom stereocenters. The molecule has 0 amide bonds. The second-order valence-corrected chi connectivity index (χ2v) is 4.65. The third-order valence-electron chi connectivity index (χ3n) is 2.43. The zero-order valence-electron chi connectivity index (χ0n) is 9.43. The number of nitrogens with one attached hydrogen (secondary N) is 1. The summed E-state index contributed by atoms with van der Waals surface area (Å²) in [6.07, 6.45) is 0.354. The molecule has 0 aliphatic heterocycles. The lowest BCUT2D eigenvalue weighted by molar-refractivity contribution is 0.583. The minimum absolute atomic E-state index is 0.0776. The van der Waals surface area contributed by atoms with Gasteiger partial charge < -0.3 is 4.98 Å². The molecule has 1 aromatic heterocycles. The average Bonchev–Trinajstić information content (AvgIpc) is 2.31. The van der Waals surface area contributed by atoms with Crippen LogP contribution in [-0.2, 0) is 6.42 Å². The Bertz CT molecular complexity index is 655. The maximum atomic E-state index is 13.1. The highest BCUT2D eigenvalue weighted by Gasteiger charge is 2.08. The monoisotopic (exact) mass is 286 g/mol. The highest BCUT2D eigenvalue weighted by molar-refractivity contribution is 6.42. The van der Waals surface area contributed by atoms with Crippen molar-refractivity contribution in [2.45, 2.75) is 13.3 Å². The van der Waals surface area contributed by atoms with Crippen LogP contribution in [0, 0.1) is 12.7 Å². The van der Waals surface area contributed by atoms with Crippen LogP contribution in [0.15, 0.2) is 23.0 Å². The Balaban J connectivity index is 2.34. The molecule has 1 heterocycles. The zero-order chi connectivity index (χ0) is 13.3. The molecule has 1 N–H and O–H groups in total. The van der Waals surface area contributed by atoms with Gasteiger partial charge in [0.25, 0.3) is 5.56 Å². The number of halogens is 3. The lowest BCUT2D eigenvalue weighted by Gasteiger charge is -2.04. The maximum absolute atomic E-state index is 13.1. The van der Waals surface area contributed by atoms with E-state index in [1.165, 1.54) is 6.92 Å². The molecule has 0 bridgehead atoms. The lowest BCUT2D eigenvalue weighted by atomic mass is 10.1. The summed E-state index contributed by atoms with van der Waals surface area (Å²) in [5.41, 5.74) is 0.143. The molecular formula is C12H9Cl2FN2O. The van der Waals surface area contributed by atoms with Gasteiger partial charge in [-0.15, -0.1) is 0 Å². The van der Waals surface area contributed by atoms with Crippen molar-refractivity contribution < 1.29 is 4.39 Å². The molecular weight excluding hydrogens is 278 g/mol. The summed E-state index contributed by atoms with van der Waals surface area (Å²) in [6.45, 7) is 1.45. The molecule has 0 radical (unpaired) electrons. The summed E-state index contributed by atoms with van der Waals surface area (Å²) in [7, 11) is 0. The third-order valence-corrected chi connectivity index (χ3v) is 3.17. The quantitative estimate of drug-likeness (QED) is 0.922. The number of aromatic nitrogens is 2. The van der Waals surface area contributed by atoms with Gasteiger partial charge in [-0.05, 0) is 24.6 Å². The van der Waals surface area contributed by atoms with Crippen molar-refractivity contribution in [3.05, 3.63) is 61.5 Å². The Hall–Kier alpha value is -1.39. The van der Waals surface area contributed by atoms with Gasteiger partial charge in [0.1, 0.15) is 5.82 Å². The van der Waals surface area contributed by atoms with Gasteiger partial charge in [0, 0.05) is 6.42 Å². The van der Waals surface area contributed by atoms with Crippen molar-refractivity contribution in [3.63, 3.8) is 0 Å². The Labute approximate surface area is 113 Å². The van der Waals surface area contributed by atoms with Crippen LogP contribution in [0.3, 0.4) is 0 Å². The fourth-order valence-electron chi connectivity index (χ4n) is 1.56. The predicted molar refractivity (Wildman–Crippen MR) is 68.8 cm³/mol. The molecule has 18 heavy (non-hydrogen) atoms. The van der Waals surface area contributed by atoms with Crippen LogP contribution in [0.4, 0.5) is 4.39 Å². The van der Waals surface area contributed by atoms with Gasteiger partial charge in [-0.3, -0.25) is 4.79 Å². The minimum atomic E-state index is -0.854. The van der Waals surface area contributed by atoms with Crippen LogP contribution >= 0.6 is 23.2 Å².